The van der Waals surface area contributed by atoms with Gasteiger partial charge < -0.3 is 15.1 Å². The lowest BCUT2D eigenvalue weighted by atomic mass is 10.1. The highest BCUT2D eigenvalue weighted by atomic mass is 16.3. The van der Waals surface area contributed by atoms with E-state index < -0.39 is 0 Å². The topological polar surface area (TPSA) is 73.7 Å². The molecule has 1 unspecified atom stereocenters. The predicted octanol–water partition coefficient (Wildman–Crippen LogP) is 0.268. The first-order chi connectivity index (χ1) is 9.10. The molecule has 1 rings (SSSR count). The molecule has 0 saturated carbocycles. The third-order valence-corrected chi connectivity index (χ3v) is 2.70. The molecule has 0 aliphatic carbocycles. The van der Waals surface area contributed by atoms with Gasteiger partial charge in [0.05, 0.1) is 24.8 Å². The zero-order chi connectivity index (χ0) is 14.3. The van der Waals surface area contributed by atoms with Crippen molar-refractivity contribution in [3.63, 3.8) is 0 Å². The number of pyridine rings is 1. The van der Waals surface area contributed by atoms with Gasteiger partial charge in [0.25, 0.3) is 5.91 Å². The van der Waals surface area contributed by atoms with Gasteiger partial charge in [-0.05, 0) is 13.0 Å². The highest BCUT2D eigenvalue weighted by Crippen LogP contribution is 2.07. The van der Waals surface area contributed by atoms with E-state index in [-0.39, 0.29) is 25.2 Å². The fourth-order valence-corrected chi connectivity index (χ4v) is 1.37. The first-order valence-corrected chi connectivity index (χ1v) is 6.03. The maximum Gasteiger partial charge on any atom is 0.255 e. The summed E-state index contributed by atoms with van der Waals surface area (Å²) in [6, 6.07) is 1.40. The van der Waals surface area contributed by atoms with Crippen LogP contribution in [0.25, 0.3) is 0 Å². The summed E-state index contributed by atoms with van der Waals surface area (Å²) in [5, 5.41) is 17.7. The van der Waals surface area contributed by atoms with E-state index in [1.807, 2.05) is 0 Å². The number of carbonyl (C=O) groups is 1. The van der Waals surface area contributed by atoms with Crippen molar-refractivity contribution in [2.24, 2.45) is 0 Å². The highest BCUT2D eigenvalue weighted by Gasteiger charge is 2.17. The van der Waals surface area contributed by atoms with E-state index in [1.165, 1.54) is 11.1 Å². The summed E-state index contributed by atoms with van der Waals surface area (Å²) in [5.41, 5.74) is 1.06. The van der Waals surface area contributed by atoms with Crippen molar-refractivity contribution in [1.82, 2.24) is 9.88 Å². The standard InChI is InChI=1S/C14H18N2O3/c1-11(10-18)16(2)14(19)13-7-12(8-15-9-13)5-3-4-6-17/h7-9,11,17-18H,4,6,10H2,1-2H3. The van der Waals surface area contributed by atoms with Crippen LogP contribution in [0.2, 0.25) is 0 Å². The van der Waals surface area contributed by atoms with E-state index in [2.05, 4.69) is 16.8 Å². The zero-order valence-corrected chi connectivity index (χ0v) is 11.1. The summed E-state index contributed by atoms with van der Waals surface area (Å²) in [5.74, 6) is 5.40. The van der Waals surface area contributed by atoms with Gasteiger partial charge in [0.2, 0.25) is 0 Å². The second kappa shape index (κ2) is 7.52. The monoisotopic (exact) mass is 262 g/mol. The lowest BCUT2D eigenvalue weighted by Crippen LogP contribution is -2.37. The van der Waals surface area contributed by atoms with Crippen LogP contribution < -0.4 is 0 Å². The largest absolute Gasteiger partial charge is 0.395 e. The number of hydrogen-bond acceptors (Lipinski definition) is 4. The molecule has 0 aliphatic rings. The Labute approximate surface area is 112 Å². The Hall–Kier alpha value is -1.90. The molecule has 2 N–H and O–H groups in total. The molecule has 1 amide bonds. The van der Waals surface area contributed by atoms with Crippen molar-refractivity contribution >= 4 is 5.91 Å². The molecule has 1 heterocycles. The van der Waals surface area contributed by atoms with Gasteiger partial charge in [0, 0.05) is 31.4 Å². The summed E-state index contributed by atoms with van der Waals surface area (Å²) in [7, 11) is 1.63. The van der Waals surface area contributed by atoms with Gasteiger partial charge in [0.1, 0.15) is 0 Å². The summed E-state index contributed by atoms with van der Waals surface area (Å²) in [4.78, 5) is 17.6. The molecule has 0 saturated heterocycles. The number of nitrogens with zero attached hydrogens (tertiary/aromatic N) is 2. The summed E-state index contributed by atoms with van der Waals surface area (Å²) in [6.07, 6.45) is 3.43. The molecular weight excluding hydrogens is 244 g/mol. The minimum atomic E-state index is -0.253. The number of amides is 1. The van der Waals surface area contributed by atoms with E-state index in [4.69, 9.17) is 10.2 Å². The SMILES string of the molecule is CC(CO)N(C)C(=O)c1cncc(C#CCCO)c1. The molecule has 0 fully saturated rings. The van der Waals surface area contributed by atoms with E-state index in [0.29, 0.717) is 17.5 Å². The number of hydrogen-bond donors (Lipinski definition) is 2. The van der Waals surface area contributed by atoms with Crippen LogP contribution in [0.5, 0.6) is 0 Å². The van der Waals surface area contributed by atoms with E-state index >= 15 is 0 Å². The van der Waals surface area contributed by atoms with Gasteiger partial charge in [-0.25, -0.2) is 0 Å². The average molecular weight is 262 g/mol. The molecule has 19 heavy (non-hydrogen) atoms. The van der Waals surface area contributed by atoms with Crippen molar-refractivity contribution < 1.29 is 15.0 Å². The van der Waals surface area contributed by atoms with Gasteiger partial charge in [-0.1, -0.05) is 11.8 Å². The number of rotatable bonds is 4. The van der Waals surface area contributed by atoms with Crippen LogP contribution in [0.15, 0.2) is 18.5 Å². The number of aliphatic hydroxyl groups excluding tert-OH is 2. The lowest BCUT2D eigenvalue weighted by molar-refractivity contribution is 0.0681. The van der Waals surface area contributed by atoms with Gasteiger partial charge in [-0.3, -0.25) is 9.78 Å². The van der Waals surface area contributed by atoms with Crippen LogP contribution in [-0.4, -0.2) is 52.3 Å². The van der Waals surface area contributed by atoms with Crippen LogP contribution in [0.1, 0.15) is 29.3 Å². The molecule has 0 spiro atoms. The van der Waals surface area contributed by atoms with E-state index in [1.54, 1.807) is 26.2 Å². The van der Waals surface area contributed by atoms with E-state index in [0.717, 1.165) is 0 Å². The Morgan fingerprint density at radius 3 is 2.84 bits per heavy atom. The fraction of sp³-hybridized carbons (Fsp3) is 0.429. The van der Waals surface area contributed by atoms with Crippen LogP contribution in [0.3, 0.4) is 0 Å². The normalized spacial score (nSPS) is 11.4. The van der Waals surface area contributed by atoms with Crippen molar-refractivity contribution in [3.8, 4) is 11.8 Å². The molecule has 5 nitrogen and oxygen atoms in total. The third-order valence-electron chi connectivity index (χ3n) is 2.70. The lowest BCUT2D eigenvalue weighted by Gasteiger charge is -2.23. The number of likely N-dealkylation sites (N-methyl/N-ethyl adjacent to an activating group) is 1. The summed E-state index contributed by atoms with van der Waals surface area (Å²) < 4.78 is 0. The first-order valence-electron chi connectivity index (χ1n) is 6.03. The molecule has 1 atom stereocenters. The Kier molecular flexibility index (Phi) is 6.00. The fourth-order valence-electron chi connectivity index (χ4n) is 1.37. The molecule has 0 aromatic carbocycles. The Morgan fingerprint density at radius 2 is 2.21 bits per heavy atom. The van der Waals surface area contributed by atoms with Gasteiger partial charge in [-0.2, -0.15) is 0 Å². The van der Waals surface area contributed by atoms with Gasteiger partial charge in [-0.15, -0.1) is 0 Å². The maximum atomic E-state index is 12.1. The molecule has 0 radical (unpaired) electrons. The van der Waals surface area contributed by atoms with Crippen molar-refractivity contribution in [3.05, 3.63) is 29.6 Å². The van der Waals surface area contributed by atoms with Crippen LogP contribution >= 0.6 is 0 Å². The highest BCUT2D eigenvalue weighted by molar-refractivity contribution is 5.94. The Morgan fingerprint density at radius 1 is 1.47 bits per heavy atom. The number of aliphatic hydroxyl groups is 2. The van der Waals surface area contributed by atoms with Crippen molar-refractivity contribution in [2.45, 2.75) is 19.4 Å². The van der Waals surface area contributed by atoms with Crippen LogP contribution in [0, 0.1) is 11.8 Å². The molecule has 0 aliphatic heterocycles. The molecule has 0 bridgehead atoms. The zero-order valence-electron chi connectivity index (χ0n) is 11.1. The molecule has 1 aromatic heterocycles. The summed E-state index contributed by atoms with van der Waals surface area (Å²) >= 11 is 0. The van der Waals surface area contributed by atoms with E-state index in [9.17, 15) is 4.79 Å². The molecular formula is C14H18N2O3. The predicted molar refractivity (Wildman–Crippen MR) is 71.5 cm³/mol. The Bertz CT molecular complexity index is 491. The van der Waals surface area contributed by atoms with Gasteiger partial charge >= 0.3 is 0 Å². The minimum absolute atomic E-state index is 0.00972. The number of carbonyl (C=O) groups excluding carboxylic acids is 1. The minimum Gasteiger partial charge on any atom is -0.395 e. The Balaban J connectivity index is 2.88. The molecule has 1 aromatic rings. The smallest absolute Gasteiger partial charge is 0.255 e. The second-order valence-electron chi connectivity index (χ2n) is 4.19. The average Bonchev–Trinajstić information content (AvgIpc) is 2.45. The maximum absolute atomic E-state index is 12.1. The van der Waals surface area contributed by atoms with Crippen molar-refractivity contribution in [2.75, 3.05) is 20.3 Å². The van der Waals surface area contributed by atoms with Crippen LogP contribution in [-0.2, 0) is 0 Å². The van der Waals surface area contributed by atoms with Crippen LogP contribution in [0.4, 0.5) is 0 Å². The first kappa shape index (κ1) is 15.2. The van der Waals surface area contributed by atoms with Gasteiger partial charge in [0.15, 0.2) is 0 Å². The third kappa shape index (κ3) is 4.36. The van der Waals surface area contributed by atoms with Crippen molar-refractivity contribution in [1.29, 1.82) is 0 Å². The second-order valence-corrected chi connectivity index (χ2v) is 4.19. The molecule has 5 heteroatoms. The molecule has 102 valence electrons. The summed E-state index contributed by atoms with van der Waals surface area (Å²) in [6.45, 7) is 1.68. The number of aromatic nitrogens is 1. The quantitative estimate of drug-likeness (QED) is 0.764.